The maximum atomic E-state index is 12.7. The van der Waals surface area contributed by atoms with Crippen LogP contribution in [0.1, 0.15) is 23.0 Å². The molecule has 3 aromatic rings. The van der Waals surface area contributed by atoms with E-state index in [9.17, 15) is 4.79 Å². The molecule has 0 saturated carbocycles. The van der Waals surface area contributed by atoms with Gasteiger partial charge in [-0.2, -0.15) is 0 Å². The topological polar surface area (TPSA) is 58.1 Å². The molecule has 0 aliphatic heterocycles. The summed E-state index contributed by atoms with van der Waals surface area (Å²) in [6, 6.07) is 23.1. The van der Waals surface area contributed by atoms with Crippen LogP contribution in [0.2, 0.25) is 0 Å². The number of amides is 1. The minimum absolute atomic E-state index is 0.157. The molecule has 1 N–H and O–H groups in total. The molecule has 0 fully saturated rings. The van der Waals surface area contributed by atoms with Gasteiger partial charge in [-0.05, 0) is 36.8 Å². The van der Waals surface area contributed by atoms with Crippen molar-refractivity contribution in [2.24, 2.45) is 0 Å². The number of rotatable bonds is 6. The Morgan fingerprint density at radius 1 is 0.920 bits per heavy atom. The molecular weight excluding hydrogens is 312 g/mol. The second-order valence-corrected chi connectivity index (χ2v) is 5.53. The zero-order chi connectivity index (χ0) is 17.5. The second kappa shape index (κ2) is 8.06. The fourth-order valence-corrected chi connectivity index (χ4v) is 2.52. The van der Waals surface area contributed by atoms with Gasteiger partial charge in [0.05, 0.1) is 0 Å². The van der Waals surface area contributed by atoms with E-state index in [0.29, 0.717) is 24.6 Å². The standard InChI is InChI=1S/C20H20N4O/c1-2-24(17-11-7-4-8-12-17)20(25)18-13-14-19(23-22-18)21-15-16-9-5-3-6-10-16/h3-14H,2,15H2,1H3,(H,21,23). The number of hydrogen-bond donors (Lipinski definition) is 1. The summed E-state index contributed by atoms with van der Waals surface area (Å²) in [6.45, 7) is 3.17. The first-order valence-electron chi connectivity index (χ1n) is 8.26. The molecule has 25 heavy (non-hydrogen) atoms. The summed E-state index contributed by atoms with van der Waals surface area (Å²) in [5, 5.41) is 11.4. The summed E-state index contributed by atoms with van der Waals surface area (Å²) in [4.78, 5) is 14.4. The van der Waals surface area contributed by atoms with E-state index in [2.05, 4.69) is 15.5 Å². The van der Waals surface area contributed by atoms with Crippen molar-refractivity contribution < 1.29 is 4.79 Å². The minimum atomic E-state index is -0.157. The largest absolute Gasteiger partial charge is 0.365 e. The predicted molar refractivity (Wildman–Crippen MR) is 99.6 cm³/mol. The molecule has 1 aromatic heterocycles. The van der Waals surface area contributed by atoms with Gasteiger partial charge in [-0.15, -0.1) is 10.2 Å². The first kappa shape index (κ1) is 16.6. The van der Waals surface area contributed by atoms with E-state index < -0.39 is 0 Å². The highest BCUT2D eigenvalue weighted by atomic mass is 16.2. The molecule has 126 valence electrons. The zero-order valence-corrected chi connectivity index (χ0v) is 14.1. The van der Waals surface area contributed by atoms with E-state index in [0.717, 1.165) is 11.3 Å². The van der Waals surface area contributed by atoms with Crippen LogP contribution >= 0.6 is 0 Å². The summed E-state index contributed by atoms with van der Waals surface area (Å²) in [7, 11) is 0. The van der Waals surface area contributed by atoms with Gasteiger partial charge in [0.2, 0.25) is 0 Å². The Kier molecular flexibility index (Phi) is 5.36. The van der Waals surface area contributed by atoms with Crippen LogP contribution in [-0.4, -0.2) is 22.6 Å². The van der Waals surface area contributed by atoms with E-state index in [1.807, 2.05) is 67.6 Å². The predicted octanol–water partition coefficient (Wildman–Crippen LogP) is 3.76. The van der Waals surface area contributed by atoms with Gasteiger partial charge in [0.25, 0.3) is 5.91 Å². The maximum Gasteiger partial charge on any atom is 0.278 e. The summed E-state index contributed by atoms with van der Waals surface area (Å²) in [5.41, 5.74) is 2.34. The van der Waals surface area contributed by atoms with Crippen LogP contribution in [0.25, 0.3) is 0 Å². The Morgan fingerprint density at radius 3 is 2.20 bits per heavy atom. The van der Waals surface area contributed by atoms with Gasteiger partial charge in [-0.3, -0.25) is 4.79 Å². The third kappa shape index (κ3) is 4.20. The minimum Gasteiger partial charge on any atom is -0.365 e. The van der Waals surface area contributed by atoms with Gasteiger partial charge < -0.3 is 10.2 Å². The molecule has 2 aromatic carbocycles. The number of para-hydroxylation sites is 1. The molecule has 1 heterocycles. The molecule has 0 bridgehead atoms. The van der Waals surface area contributed by atoms with E-state index >= 15 is 0 Å². The van der Waals surface area contributed by atoms with Gasteiger partial charge in [-0.1, -0.05) is 48.5 Å². The fraction of sp³-hybridized carbons (Fsp3) is 0.150. The molecule has 5 heteroatoms. The van der Waals surface area contributed by atoms with Crippen LogP contribution in [0, 0.1) is 0 Å². The first-order valence-corrected chi connectivity index (χ1v) is 8.26. The van der Waals surface area contributed by atoms with Crippen molar-refractivity contribution in [2.45, 2.75) is 13.5 Å². The van der Waals surface area contributed by atoms with Gasteiger partial charge >= 0.3 is 0 Å². The number of nitrogens with zero attached hydrogens (tertiary/aromatic N) is 3. The number of hydrogen-bond acceptors (Lipinski definition) is 4. The number of nitrogens with one attached hydrogen (secondary N) is 1. The second-order valence-electron chi connectivity index (χ2n) is 5.53. The quantitative estimate of drug-likeness (QED) is 0.747. The molecule has 0 radical (unpaired) electrons. The highest BCUT2D eigenvalue weighted by molar-refractivity contribution is 6.04. The third-order valence-corrected chi connectivity index (χ3v) is 3.83. The molecule has 0 spiro atoms. The van der Waals surface area contributed by atoms with Crippen molar-refractivity contribution in [3.63, 3.8) is 0 Å². The van der Waals surface area contributed by atoms with Crippen molar-refractivity contribution in [3.8, 4) is 0 Å². The summed E-state index contributed by atoms with van der Waals surface area (Å²) in [6.07, 6.45) is 0. The summed E-state index contributed by atoms with van der Waals surface area (Å²) >= 11 is 0. The van der Waals surface area contributed by atoms with Crippen LogP contribution in [0.15, 0.2) is 72.8 Å². The van der Waals surface area contributed by atoms with Crippen LogP contribution < -0.4 is 10.2 Å². The highest BCUT2D eigenvalue weighted by Gasteiger charge is 2.17. The lowest BCUT2D eigenvalue weighted by molar-refractivity contribution is 0.0982. The number of aromatic nitrogens is 2. The number of anilines is 2. The average Bonchev–Trinajstić information content (AvgIpc) is 2.69. The third-order valence-electron chi connectivity index (χ3n) is 3.83. The normalized spacial score (nSPS) is 10.3. The molecule has 0 aliphatic carbocycles. The number of benzene rings is 2. The van der Waals surface area contributed by atoms with Crippen molar-refractivity contribution in [1.82, 2.24) is 10.2 Å². The van der Waals surface area contributed by atoms with Gasteiger partial charge in [0.15, 0.2) is 5.69 Å². The first-order chi connectivity index (χ1) is 12.3. The monoisotopic (exact) mass is 332 g/mol. The van der Waals surface area contributed by atoms with E-state index in [1.54, 1.807) is 17.0 Å². The summed E-state index contributed by atoms with van der Waals surface area (Å²) in [5.74, 6) is 0.485. The molecule has 0 saturated heterocycles. The van der Waals surface area contributed by atoms with E-state index in [-0.39, 0.29) is 5.91 Å². The van der Waals surface area contributed by atoms with Crippen LogP contribution in [0.4, 0.5) is 11.5 Å². The molecule has 5 nitrogen and oxygen atoms in total. The van der Waals surface area contributed by atoms with Crippen molar-refractivity contribution in [3.05, 3.63) is 84.1 Å². The zero-order valence-electron chi connectivity index (χ0n) is 14.1. The Bertz CT molecular complexity index is 804. The van der Waals surface area contributed by atoms with Crippen molar-refractivity contribution in [2.75, 3.05) is 16.8 Å². The Hall–Kier alpha value is -3.21. The Labute approximate surface area is 147 Å². The molecule has 1 amide bonds. The maximum absolute atomic E-state index is 12.7. The van der Waals surface area contributed by atoms with Gasteiger partial charge in [-0.25, -0.2) is 0 Å². The lowest BCUT2D eigenvalue weighted by atomic mass is 10.2. The van der Waals surface area contributed by atoms with Crippen molar-refractivity contribution >= 4 is 17.4 Å². The molecule has 3 rings (SSSR count). The smallest absolute Gasteiger partial charge is 0.278 e. The highest BCUT2D eigenvalue weighted by Crippen LogP contribution is 2.16. The van der Waals surface area contributed by atoms with Crippen LogP contribution in [-0.2, 0) is 6.54 Å². The molecule has 0 aliphatic rings. The average molecular weight is 332 g/mol. The van der Waals surface area contributed by atoms with Crippen LogP contribution in [0.3, 0.4) is 0 Å². The van der Waals surface area contributed by atoms with Gasteiger partial charge in [0, 0.05) is 18.8 Å². The lowest BCUT2D eigenvalue weighted by Crippen LogP contribution is -2.31. The van der Waals surface area contributed by atoms with Crippen molar-refractivity contribution in [1.29, 1.82) is 0 Å². The summed E-state index contributed by atoms with van der Waals surface area (Å²) < 4.78 is 0. The SMILES string of the molecule is CCN(C(=O)c1ccc(NCc2ccccc2)nn1)c1ccccc1. The Balaban J connectivity index is 1.68. The van der Waals surface area contributed by atoms with Crippen LogP contribution in [0.5, 0.6) is 0 Å². The van der Waals surface area contributed by atoms with E-state index in [1.165, 1.54) is 0 Å². The lowest BCUT2D eigenvalue weighted by Gasteiger charge is -2.20. The molecule has 0 unspecified atom stereocenters. The Morgan fingerprint density at radius 2 is 1.60 bits per heavy atom. The number of carbonyl (C=O) groups is 1. The molecular formula is C20H20N4O. The fourth-order valence-electron chi connectivity index (χ4n) is 2.52. The van der Waals surface area contributed by atoms with Gasteiger partial charge in [0.1, 0.15) is 5.82 Å². The molecule has 0 atom stereocenters. The number of carbonyl (C=O) groups excluding carboxylic acids is 1. The van der Waals surface area contributed by atoms with E-state index in [4.69, 9.17) is 0 Å².